The van der Waals surface area contributed by atoms with Gasteiger partial charge in [0.1, 0.15) is 12.4 Å². The smallest absolute Gasteiger partial charge is 0.243 e. The average molecular weight is 373 g/mol. The molecule has 1 amide bonds. The summed E-state index contributed by atoms with van der Waals surface area (Å²) in [6, 6.07) is 8.21. The molecule has 7 nitrogen and oxygen atoms in total. The quantitative estimate of drug-likeness (QED) is 0.402. The van der Waals surface area contributed by atoms with E-state index in [0.717, 1.165) is 50.2 Å². The molecule has 2 rings (SSSR count). The number of carbonyl (C=O) groups excluding carboxylic acids is 1. The highest BCUT2D eigenvalue weighted by atomic mass is 16.2. The van der Waals surface area contributed by atoms with Gasteiger partial charge in [-0.2, -0.15) is 0 Å². The third-order valence-corrected chi connectivity index (χ3v) is 4.39. The Morgan fingerprint density at radius 1 is 1.19 bits per heavy atom. The highest BCUT2D eigenvalue weighted by Gasteiger charge is 2.07. The van der Waals surface area contributed by atoms with Crippen LogP contribution in [0.25, 0.3) is 11.0 Å². The van der Waals surface area contributed by atoms with E-state index in [-0.39, 0.29) is 12.5 Å². The molecule has 0 saturated carbocycles. The highest BCUT2D eigenvalue weighted by Crippen LogP contribution is 2.15. The van der Waals surface area contributed by atoms with E-state index in [0.29, 0.717) is 5.96 Å². The molecule has 0 aliphatic carbocycles. The Kier molecular flexibility index (Phi) is 8.10. The molecule has 27 heavy (non-hydrogen) atoms. The van der Waals surface area contributed by atoms with E-state index >= 15 is 0 Å². The van der Waals surface area contributed by atoms with E-state index in [1.165, 1.54) is 5.52 Å². The van der Waals surface area contributed by atoms with Crippen molar-refractivity contribution in [3.63, 3.8) is 0 Å². The number of carbonyl (C=O) groups is 1. The summed E-state index contributed by atoms with van der Waals surface area (Å²) in [6.07, 6.45) is 3.13. The van der Waals surface area contributed by atoms with Gasteiger partial charge in [0.15, 0.2) is 5.96 Å². The number of hydrogen-bond acceptors (Lipinski definition) is 3. The Balaban J connectivity index is 1.88. The molecule has 148 valence electrons. The van der Waals surface area contributed by atoms with Crippen molar-refractivity contribution in [3.05, 3.63) is 30.1 Å². The van der Waals surface area contributed by atoms with Crippen LogP contribution in [-0.2, 0) is 11.3 Å². The number of guanidine groups is 1. The van der Waals surface area contributed by atoms with Crippen molar-refractivity contribution in [2.45, 2.75) is 39.7 Å². The van der Waals surface area contributed by atoms with E-state index in [1.807, 2.05) is 25.1 Å². The van der Waals surface area contributed by atoms with Gasteiger partial charge in [0.25, 0.3) is 0 Å². The molecule has 1 aromatic carbocycles. The third-order valence-electron chi connectivity index (χ3n) is 4.39. The Hall–Kier alpha value is -2.57. The van der Waals surface area contributed by atoms with E-state index < -0.39 is 0 Å². The van der Waals surface area contributed by atoms with Crippen LogP contribution < -0.4 is 10.6 Å². The van der Waals surface area contributed by atoms with Crippen molar-refractivity contribution in [3.8, 4) is 0 Å². The number of unbranched alkanes of at least 4 members (excludes halogenated alkanes) is 1. The normalized spacial score (nSPS) is 11.6. The number of hydrogen-bond donors (Lipinski definition) is 2. The number of rotatable bonds is 9. The standard InChI is InChI=1S/C20H32N6O/c1-5-6-12-21-20(23-15-19(27)25(3)4)22-13-9-14-26-16(2)24-17-10-7-8-11-18(17)26/h7-8,10-11H,5-6,9,12-15H2,1-4H3,(H2,21,22,23). The number of aliphatic imine (C=N–C) groups is 1. The molecular formula is C20H32N6O. The van der Waals surface area contributed by atoms with Crippen LogP contribution in [0.5, 0.6) is 0 Å². The second-order valence-electron chi connectivity index (χ2n) is 6.81. The monoisotopic (exact) mass is 372 g/mol. The SMILES string of the molecule is CCCCNC(=NCC(=O)N(C)C)NCCCn1c(C)nc2ccccc21. The van der Waals surface area contributed by atoms with Crippen LogP contribution in [0, 0.1) is 6.92 Å². The number of aromatic nitrogens is 2. The Morgan fingerprint density at radius 2 is 1.89 bits per heavy atom. The summed E-state index contributed by atoms with van der Waals surface area (Å²) in [7, 11) is 3.49. The molecule has 1 aromatic heterocycles. The van der Waals surface area contributed by atoms with E-state index in [4.69, 9.17) is 0 Å². The van der Waals surface area contributed by atoms with Crippen molar-refractivity contribution in [1.29, 1.82) is 0 Å². The van der Waals surface area contributed by atoms with Crippen LogP contribution in [0.4, 0.5) is 0 Å². The molecule has 0 aliphatic heterocycles. The van der Waals surface area contributed by atoms with Crippen molar-refractivity contribution in [1.82, 2.24) is 25.1 Å². The maximum Gasteiger partial charge on any atom is 0.243 e. The number of imidazole rings is 1. The first-order valence-corrected chi connectivity index (χ1v) is 9.67. The molecule has 0 fully saturated rings. The first-order valence-electron chi connectivity index (χ1n) is 9.67. The van der Waals surface area contributed by atoms with Gasteiger partial charge in [0, 0.05) is 33.7 Å². The molecule has 2 aromatic rings. The van der Waals surface area contributed by atoms with Gasteiger partial charge in [-0.1, -0.05) is 25.5 Å². The molecule has 0 bridgehead atoms. The topological polar surface area (TPSA) is 74.6 Å². The average Bonchev–Trinajstić information content (AvgIpc) is 2.97. The van der Waals surface area contributed by atoms with Crippen LogP contribution in [0.2, 0.25) is 0 Å². The molecule has 0 saturated heterocycles. The minimum atomic E-state index is -0.00731. The lowest BCUT2D eigenvalue weighted by Gasteiger charge is -2.14. The summed E-state index contributed by atoms with van der Waals surface area (Å²) in [5, 5.41) is 6.64. The third kappa shape index (κ3) is 6.27. The summed E-state index contributed by atoms with van der Waals surface area (Å²) < 4.78 is 2.24. The lowest BCUT2D eigenvalue weighted by molar-refractivity contribution is -0.127. The van der Waals surface area contributed by atoms with Gasteiger partial charge in [-0.25, -0.2) is 9.98 Å². The molecule has 0 aliphatic rings. The first kappa shape index (κ1) is 20.7. The largest absolute Gasteiger partial charge is 0.356 e. The molecule has 0 radical (unpaired) electrons. The van der Waals surface area contributed by atoms with Gasteiger partial charge in [-0.3, -0.25) is 4.79 Å². The molecule has 2 N–H and O–H groups in total. The van der Waals surface area contributed by atoms with Gasteiger partial charge < -0.3 is 20.1 Å². The highest BCUT2D eigenvalue weighted by molar-refractivity contribution is 5.84. The van der Waals surface area contributed by atoms with Crippen molar-refractivity contribution in [2.75, 3.05) is 33.7 Å². The van der Waals surface area contributed by atoms with Crippen LogP contribution in [0.1, 0.15) is 32.0 Å². The van der Waals surface area contributed by atoms with E-state index in [9.17, 15) is 4.79 Å². The number of amides is 1. The van der Waals surface area contributed by atoms with Gasteiger partial charge in [0.2, 0.25) is 5.91 Å². The van der Waals surface area contributed by atoms with Gasteiger partial charge in [-0.05, 0) is 31.9 Å². The summed E-state index contributed by atoms with van der Waals surface area (Å²) in [6.45, 7) is 6.86. The minimum absolute atomic E-state index is 0.00731. The summed E-state index contributed by atoms with van der Waals surface area (Å²) in [5.41, 5.74) is 2.20. The molecule has 7 heteroatoms. The zero-order chi connectivity index (χ0) is 19.6. The lowest BCUT2D eigenvalue weighted by atomic mass is 10.3. The first-order chi connectivity index (χ1) is 13.0. The van der Waals surface area contributed by atoms with Crippen molar-refractivity contribution >= 4 is 22.9 Å². The van der Waals surface area contributed by atoms with Crippen LogP contribution >= 0.6 is 0 Å². The fourth-order valence-electron chi connectivity index (χ4n) is 2.77. The van der Waals surface area contributed by atoms with Crippen molar-refractivity contribution < 1.29 is 4.79 Å². The Labute approximate surface area is 161 Å². The van der Waals surface area contributed by atoms with Gasteiger partial charge in [0.05, 0.1) is 11.0 Å². The molecule has 0 unspecified atom stereocenters. The van der Waals surface area contributed by atoms with E-state index in [2.05, 4.69) is 38.2 Å². The molecule has 1 heterocycles. The van der Waals surface area contributed by atoms with Crippen molar-refractivity contribution in [2.24, 2.45) is 4.99 Å². The maximum atomic E-state index is 11.8. The van der Waals surface area contributed by atoms with Gasteiger partial charge >= 0.3 is 0 Å². The number of nitrogens with zero attached hydrogens (tertiary/aromatic N) is 4. The maximum absolute atomic E-state index is 11.8. The summed E-state index contributed by atoms with van der Waals surface area (Å²) >= 11 is 0. The van der Waals surface area contributed by atoms with E-state index in [1.54, 1.807) is 19.0 Å². The van der Waals surface area contributed by atoms with Crippen LogP contribution in [0.15, 0.2) is 29.3 Å². The predicted molar refractivity (Wildman–Crippen MR) is 111 cm³/mol. The number of para-hydroxylation sites is 2. The Bertz CT molecular complexity index is 765. The zero-order valence-electron chi connectivity index (χ0n) is 17.0. The molecule has 0 spiro atoms. The number of fused-ring (bicyclic) bond motifs is 1. The second-order valence-corrected chi connectivity index (χ2v) is 6.81. The summed E-state index contributed by atoms with van der Waals surface area (Å²) in [4.78, 5) is 22.3. The minimum Gasteiger partial charge on any atom is -0.356 e. The fourth-order valence-corrected chi connectivity index (χ4v) is 2.77. The van der Waals surface area contributed by atoms with Crippen LogP contribution in [-0.4, -0.2) is 60.0 Å². The molecular weight excluding hydrogens is 340 g/mol. The Morgan fingerprint density at radius 3 is 2.59 bits per heavy atom. The number of likely N-dealkylation sites (N-methyl/N-ethyl adjacent to an activating group) is 1. The van der Waals surface area contributed by atoms with Crippen LogP contribution in [0.3, 0.4) is 0 Å². The fraction of sp³-hybridized carbons (Fsp3) is 0.550. The predicted octanol–water partition coefficient (Wildman–Crippen LogP) is 2.16. The number of nitrogens with one attached hydrogen (secondary N) is 2. The molecule has 0 atom stereocenters. The summed E-state index contributed by atoms with van der Waals surface area (Å²) in [5.74, 6) is 1.72. The van der Waals surface area contributed by atoms with Gasteiger partial charge in [-0.15, -0.1) is 0 Å². The second kappa shape index (κ2) is 10.5. The lowest BCUT2D eigenvalue weighted by Crippen LogP contribution is -2.39. The number of aryl methyl sites for hydroxylation is 2. The number of benzene rings is 1. The zero-order valence-corrected chi connectivity index (χ0v) is 17.0.